The summed E-state index contributed by atoms with van der Waals surface area (Å²) in [7, 11) is 0. The van der Waals surface area contributed by atoms with Crippen molar-refractivity contribution in [2.24, 2.45) is 5.92 Å². The molecule has 2 fully saturated rings. The number of nitrogens with zero attached hydrogens (tertiary/aromatic N) is 1. The molecule has 1 aliphatic carbocycles. The van der Waals surface area contributed by atoms with Gasteiger partial charge in [-0.3, -0.25) is 14.5 Å². The van der Waals surface area contributed by atoms with E-state index in [4.69, 9.17) is 11.6 Å². The molecule has 3 atom stereocenters. The molecule has 0 bridgehead atoms. The Morgan fingerprint density at radius 3 is 2.87 bits per heavy atom. The van der Waals surface area contributed by atoms with Crippen LogP contribution in [0.2, 0.25) is 5.02 Å². The number of H-pyrrole nitrogens is 1. The summed E-state index contributed by atoms with van der Waals surface area (Å²) in [6, 6.07) is 4.79. The molecule has 1 aromatic carbocycles. The average molecular weight is 445 g/mol. The van der Waals surface area contributed by atoms with Crippen LogP contribution in [0.4, 0.5) is 4.79 Å². The van der Waals surface area contributed by atoms with Crippen LogP contribution in [0, 0.1) is 5.92 Å². The quantitative estimate of drug-likeness (QED) is 0.567. The fourth-order valence-electron chi connectivity index (χ4n) is 4.66. The number of amides is 4. The average Bonchev–Trinajstić information content (AvgIpc) is 3.26. The second kappa shape index (κ2) is 9.30. The van der Waals surface area contributed by atoms with Crippen molar-refractivity contribution < 1.29 is 14.4 Å². The largest absolute Gasteiger partial charge is 0.361 e. The Labute approximate surface area is 186 Å². The van der Waals surface area contributed by atoms with E-state index in [0.29, 0.717) is 23.8 Å². The number of imide groups is 1. The fourth-order valence-corrected chi connectivity index (χ4v) is 4.83. The second-order valence-corrected chi connectivity index (χ2v) is 9.16. The number of halogens is 1. The lowest BCUT2D eigenvalue weighted by Crippen LogP contribution is -2.41. The molecular weight excluding hydrogens is 416 g/mol. The van der Waals surface area contributed by atoms with E-state index in [9.17, 15) is 14.4 Å². The zero-order valence-corrected chi connectivity index (χ0v) is 18.5. The Morgan fingerprint density at radius 1 is 1.26 bits per heavy atom. The van der Waals surface area contributed by atoms with Crippen LogP contribution >= 0.6 is 11.6 Å². The predicted octanol–water partition coefficient (Wildman–Crippen LogP) is 3.76. The van der Waals surface area contributed by atoms with Crippen molar-refractivity contribution in [3.05, 3.63) is 35.0 Å². The highest BCUT2D eigenvalue weighted by Gasteiger charge is 2.37. The second-order valence-electron chi connectivity index (χ2n) is 8.72. The maximum Gasteiger partial charge on any atom is 0.324 e. The van der Waals surface area contributed by atoms with Gasteiger partial charge in [-0.2, -0.15) is 0 Å². The van der Waals surface area contributed by atoms with Crippen molar-refractivity contribution >= 4 is 40.3 Å². The molecule has 2 aromatic rings. The molecule has 1 aromatic heterocycles. The topological polar surface area (TPSA) is 94.3 Å². The third-order valence-electron chi connectivity index (χ3n) is 6.56. The molecule has 8 heteroatoms. The molecule has 31 heavy (non-hydrogen) atoms. The molecule has 2 heterocycles. The number of carbonyl (C=O) groups is 3. The number of aromatic amines is 1. The normalized spacial score (nSPS) is 23.9. The van der Waals surface area contributed by atoms with Crippen LogP contribution in [0.15, 0.2) is 24.4 Å². The van der Waals surface area contributed by atoms with E-state index in [1.807, 2.05) is 24.4 Å². The molecule has 1 aliphatic heterocycles. The first kappa shape index (κ1) is 21.7. The molecule has 3 N–H and O–H groups in total. The number of benzene rings is 1. The summed E-state index contributed by atoms with van der Waals surface area (Å²) in [5.41, 5.74) is 1.97. The standard InChI is InChI=1S/C23H29ClN4O3/c1-14-4-2-3-5-18(14)26-21(29)9-8-20-22(30)28(23(31)27-20)11-10-15-13-25-19-7-6-16(24)12-17(15)19/h6-7,12-14,18,20,25H,2-5,8-11H2,1H3,(H,26,29)(H,27,31)/t14-,18-,20+/m1/s1. The number of fused-ring (bicyclic) bond motifs is 1. The highest BCUT2D eigenvalue weighted by Crippen LogP contribution is 2.25. The molecular formula is C23H29ClN4O3. The van der Waals surface area contributed by atoms with E-state index >= 15 is 0 Å². The van der Waals surface area contributed by atoms with Crippen molar-refractivity contribution in [3.8, 4) is 0 Å². The van der Waals surface area contributed by atoms with Crippen molar-refractivity contribution in [1.82, 2.24) is 20.5 Å². The SMILES string of the molecule is C[C@@H]1CCCC[C@H]1NC(=O)CC[C@@H]1NC(=O)N(CCc2c[nH]c3ccc(Cl)cc23)C1=O. The molecule has 1 saturated carbocycles. The Bertz CT molecular complexity index is 988. The van der Waals surface area contributed by atoms with Gasteiger partial charge in [0.15, 0.2) is 0 Å². The van der Waals surface area contributed by atoms with E-state index in [0.717, 1.165) is 35.7 Å². The number of hydrogen-bond acceptors (Lipinski definition) is 3. The Morgan fingerprint density at radius 2 is 2.06 bits per heavy atom. The van der Waals surface area contributed by atoms with Crippen LogP contribution in [0.5, 0.6) is 0 Å². The molecule has 1 saturated heterocycles. The highest BCUT2D eigenvalue weighted by atomic mass is 35.5. The summed E-state index contributed by atoms with van der Waals surface area (Å²) in [5.74, 6) is 0.178. The lowest BCUT2D eigenvalue weighted by molar-refractivity contribution is -0.127. The minimum atomic E-state index is -0.639. The van der Waals surface area contributed by atoms with Crippen molar-refractivity contribution in [3.63, 3.8) is 0 Å². The Balaban J connectivity index is 1.29. The van der Waals surface area contributed by atoms with Crippen LogP contribution in [0.3, 0.4) is 0 Å². The van der Waals surface area contributed by atoms with Crippen molar-refractivity contribution in [2.75, 3.05) is 6.54 Å². The number of carbonyl (C=O) groups excluding carboxylic acids is 3. The van der Waals surface area contributed by atoms with Gasteiger partial charge in [-0.1, -0.05) is 31.4 Å². The van der Waals surface area contributed by atoms with Crippen molar-refractivity contribution in [2.45, 2.75) is 64.0 Å². The smallest absolute Gasteiger partial charge is 0.324 e. The first-order valence-corrected chi connectivity index (χ1v) is 11.5. The maximum atomic E-state index is 12.7. The van der Waals surface area contributed by atoms with Crippen LogP contribution in [0.1, 0.15) is 51.0 Å². The van der Waals surface area contributed by atoms with Gasteiger partial charge in [-0.25, -0.2) is 4.79 Å². The van der Waals surface area contributed by atoms with Gasteiger partial charge < -0.3 is 15.6 Å². The molecule has 4 rings (SSSR count). The third-order valence-corrected chi connectivity index (χ3v) is 6.79. The molecule has 4 amide bonds. The minimum Gasteiger partial charge on any atom is -0.361 e. The molecule has 7 nitrogen and oxygen atoms in total. The Kier molecular flexibility index (Phi) is 6.51. The van der Waals surface area contributed by atoms with Crippen LogP contribution in [-0.2, 0) is 16.0 Å². The molecule has 0 unspecified atom stereocenters. The summed E-state index contributed by atoms with van der Waals surface area (Å²) in [6.07, 6.45) is 7.48. The molecule has 0 radical (unpaired) electrons. The van der Waals surface area contributed by atoms with Crippen LogP contribution < -0.4 is 10.6 Å². The van der Waals surface area contributed by atoms with Gasteiger partial charge in [-0.05, 0) is 55.4 Å². The monoisotopic (exact) mass is 444 g/mol. The van der Waals surface area contributed by atoms with Gasteiger partial charge in [0.2, 0.25) is 5.91 Å². The van der Waals surface area contributed by atoms with Gasteiger partial charge in [0.05, 0.1) is 0 Å². The number of nitrogens with one attached hydrogen (secondary N) is 3. The zero-order chi connectivity index (χ0) is 22.0. The first-order valence-electron chi connectivity index (χ1n) is 11.1. The van der Waals surface area contributed by atoms with E-state index in [1.165, 1.54) is 11.3 Å². The predicted molar refractivity (Wildman–Crippen MR) is 120 cm³/mol. The summed E-state index contributed by atoms with van der Waals surface area (Å²) in [5, 5.41) is 7.46. The number of rotatable bonds is 7. The van der Waals surface area contributed by atoms with Crippen LogP contribution in [0.25, 0.3) is 10.9 Å². The van der Waals surface area contributed by atoms with E-state index in [1.54, 1.807) is 0 Å². The van der Waals surface area contributed by atoms with Gasteiger partial charge >= 0.3 is 6.03 Å². The highest BCUT2D eigenvalue weighted by molar-refractivity contribution is 6.31. The first-order chi connectivity index (χ1) is 14.9. The molecule has 0 spiro atoms. The van der Waals surface area contributed by atoms with Gasteiger partial charge in [-0.15, -0.1) is 0 Å². The van der Waals surface area contributed by atoms with E-state index in [2.05, 4.69) is 22.5 Å². The zero-order valence-electron chi connectivity index (χ0n) is 17.7. The molecule has 2 aliphatic rings. The number of hydrogen-bond donors (Lipinski definition) is 3. The Hall–Kier alpha value is -2.54. The van der Waals surface area contributed by atoms with Crippen LogP contribution in [-0.4, -0.2) is 46.4 Å². The lowest BCUT2D eigenvalue weighted by Gasteiger charge is -2.29. The van der Waals surface area contributed by atoms with E-state index < -0.39 is 12.1 Å². The summed E-state index contributed by atoms with van der Waals surface area (Å²) < 4.78 is 0. The van der Waals surface area contributed by atoms with Crippen molar-refractivity contribution in [1.29, 1.82) is 0 Å². The number of aromatic nitrogens is 1. The maximum absolute atomic E-state index is 12.7. The number of urea groups is 1. The third kappa shape index (κ3) is 4.87. The summed E-state index contributed by atoms with van der Waals surface area (Å²) >= 11 is 6.09. The summed E-state index contributed by atoms with van der Waals surface area (Å²) in [6.45, 7) is 2.46. The molecule has 166 valence electrons. The fraction of sp³-hybridized carbons (Fsp3) is 0.522. The minimum absolute atomic E-state index is 0.0464. The van der Waals surface area contributed by atoms with Gasteiger partial charge in [0.25, 0.3) is 5.91 Å². The van der Waals surface area contributed by atoms with Gasteiger partial charge in [0.1, 0.15) is 6.04 Å². The summed E-state index contributed by atoms with van der Waals surface area (Å²) in [4.78, 5) is 41.9. The van der Waals surface area contributed by atoms with E-state index in [-0.39, 0.29) is 30.8 Å². The van der Waals surface area contributed by atoms with Gasteiger partial charge in [0, 0.05) is 41.1 Å². The lowest BCUT2D eigenvalue weighted by atomic mass is 9.86.